The van der Waals surface area contributed by atoms with Crippen molar-refractivity contribution < 1.29 is 10.0 Å². The number of carbonyl (C=O) groups excluding carboxylic acids is 1. The summed E-state index contributed by atoms with van der Waals surface area (Å²) in [4.78, 5) is 19.0. The molecule has 7 heteroatoms. The van der Waals surface area contributed by atoms with Crippen LogP contribution in [0.2, 0.25) is 0 Å². The molecular weight excluding hydrogens is 300 g/mol. The lowest BCUT2D eigenvalue weighted by Gasteiger charge is -2.34. The SMILES string of the molecule is N/C(=N\O)c1cnc(N2C(=O)CCC[C@H]2c2ccccc2)s1. The van der Waals surface area contributed by atoms with E-state index in [1.54, 1.807) is 4.90 Å². The second-order valence-electron chi connectivity index (χ2n) is 5.07. The first-order valence-corrected chi connectivity index (χ1v) is 7.83. The van der Waals surface area contributed by atoms with Gasteiger partial charge in [0.25, 0.3) is 0 Å². The van der Waals surface area contributed by atoms with E-state index in [0.717, 1.165) is 18.4 Å². The predicted octanol–water partition coefficient (Wildman–Crippen LogP) is 2.50. The fourth-order valence-electron chi connectivity index (χ4n) is 2.64. The van der Waals surface area contributed by atoms with Gasteiger partial charge in [-0.2, -0.15) is 0 Å². The third kappa shape index (κ3) is 2.67. The zero-order valence-corrected chi connectivity index (χ0v) is 12.7. The highest BCUT2D eigenvalue weighted by atomic mass is 32.1. The first-order chi connectivity index (χ1) is 10.7. The highest BCUT2D eigenvalue weighted by Crippen LogP contribution is 2.37. The normalized spacial score (nSPS) is 19.5. The van der Waals surface area contributed by atoms with Crippen LogP contribution in [0, 0.1) is 0 Å². The van der Waals surface area contributed by atoms with Crippen LogP contribution in [-0.2, 0) is 4.79 Å². The van der Waals surface area contributed by atoms with Crippen LogP contribution in [0.25, 0.3) is 0 Å². The van der Waals surface area contributed by atoms with Crippen LogP contribution in [0.4, 0.5) is 5.13 Å². The summed E-state index contributed by atoms with van der Waals surface area (Å²) >= 11 is 1.25. The Morgan fingerprint density at radius 3 is 2.91 bits per heavy atom. The average molecular weight is 316 g/mol. The zero-order chi connectivity index (χ0) is 15.5. The van der Waals surface area contributed by atoms with Crippen molar-refractivity contribution in [2.45, 2.75) is 25.3 Å². The predicted molar refractivity (Wildman–Crippen MR) is 85.1 cm³/mol. The summed E-state index contributed by atoms with van der Waals surface area (Å²) in [7, 11) is 0. The van der Waals surface area contributed by atoms with Gasteiger partial charge in [-0.1, -0.05) is 46.8 Å². The van der Waals surface area contributed by atoms with Crippen molar-refractivity contribution in [2.75, 3.05) is 4.90 Å². The van der Waals surface area contributed by atoms with Crippen LogP contribution < -0.4 is 10.6 Å². The molecule has 1 aliphatic heterocycles. The molecule has 2 heterocycles. The summed E-state index contributed by atoms with van der Waals surface area (Å²) in [5, 5.41) is 12.3. The third-order valence-electron chi connectivity index (χ3n) is 3.69. The Morgan fingerprint density at radius 1 is 1.41 bits per heavy atom. The largest absolute Gasteiger partial charge is 0.409 e. The molecule has 0 unspecified atom stereocenters. The summed E-state index contributed by atoms with van der Waals surface area (Å²) in [6, 6.07) is 9.92. The van der Waals surface area contributed by atoms with E-state index in [1.165, 1.54) is 17.5 Å². The summed E-state index contributed by atoms with van der Waals surface area (Å²) in [6.45, 7) is 0. The van der Waals surface area contributed by atoms with E-state index >= 15 is 0 Å². The molecule has 1 aliphatic rings. The Morgan fingerprint density at radius 2 is 2.18 bits per heavy atom. The molecule has 0 aliphatic carbocycles. The summed E-state index contributed by atoms with van der Waals surface area (Å²) in [5.41, 5.74) is 6.68. The van der Waals surface area contributed by atoms with Crippen LogP contribution in [0.3, 0.4) is 0 Å². The van der Waals surface area contributed by atoms with Gasteiger partial charge >= 0.3 is 0 Å². The maximum Gasteiger partial charge on any atom is 0.229 e. The molecule has 1 fully saturated rings. The van der Waals surface area contributed by atoms with E-state index in [0.29, 0.717) is 16.4 Å². The number of rotatable bonds is 3. The molecule has 2 aromatic rings. The molecule has 114 valence electrons. The van der Waals surface area contributed by atoms with Gasteiger partial charge in [0.2, 0.25) is 5.91 Å². The maximum atomic E-state index is 12.4. The molecule has 1 aromatic heterocycles. The van der Waals surface area contributed by atoms with Gasteiger partial charge in [0, 0.05) is 6.42 Å². The van der Waals surface area contributed by atoms with Gasteiger partial charge in [-0.25, -0.2) is 4.98 Å². The number of amidine groups is 1. The van der Waals surface area contributed by atoms with Crippen LogP contribution in [0.5, 0.6) is 0 Å². The van der Waals surface area contributed by atoms with Gasteiger partial charge in [-0.3, -0.25) is 9.69 Å². The van der Waals surface area contributed by atoms with Crippen molar-refractivity contribution in [1.29, 1.82) is 0 Å². The quantitative estimate of drug-likeness (QED) is 0.394. The van der Waals surface area contributed by atoms with Crippen molar-refractivity contribution in [3.63, 3.8) is 0 Å². The number of anilines is 1. The van der Waals surface area contributed by atoms with Gasteiger partial charge in [0.15, 0.2) is 11.0 Å². The number of amides is 1. The smallest absolute Gasteiger partial charge is 0.229 e. The van der Waals surface area contributed by atoms with E-state index in [9.17, 15) is 4.79 Å². The van der Waals surface area contributed by atoms with E-state index in [-0.39, 0.29) is 17.8 Å². The number of hydrogen-bond acceptors (Lipinski definition) is 5. The average Bonchev–Trinajstić information content (AvgIpc) is 3.04. The second kappa shape index (κ2) is 6.15. The van der Waals surface area contributed by atoms with Gasteiger partial charge in [0.1, 0.15) is 0 Å². The van der Waals surface area contributed by atoms with Crippen molar-refractivity contribution in [3.8, 4) is 0 Å². The Kier molecular flexibility index (Phi) is 4.06. The molecule has 6 nitrogen and oxygen atoms in total. The second-order valence-corrected chi connectivity index (χ2v) is 6.08. The van der Waals surface area contributed by atoms with Gasteiger partial charge < -0.3 is 10.9 Å². The Balaban J connectivity index is 1.97. The number of carbonyl (C=O) groups is 1. The first-order valence-electron chi connectivity index (χ1n) is 7.01. The third-order valence-corrected chi connectivity index (χ3v) is 4.71. The van der Waals surface area contributed by atoms with E-state index in [2.05, 4.69) is 10.1 Å². The van der Waals surface area contributed by atoms with Gasteiger partial charge in [-0.15, -0.1) is 0 Å². The fraction of sp³-hybridized carbons (Fsp3) is 0.267. The molecular formula is C15H16N4O2S. The fourth-order valence-corrected chi connectivity index (χ4v) is 3.53. The zero-order valence-electron chi connectivity index (χ0n) is 11.8. The van der Waals surface area contributed by atoms with Crippen LogP contribution in [0.15, 0.2) is 41.7 Å². The molecule has 3 rings (SSSR count). The number of nitrogens with two attached hydrogens (primary N) is 1. The molecule has 22 heavy (non-hydrogen) atoms. The molecule has 0 spiro atoms. The van der Waals surface area contributed by atoms with E-state index in [1.807, 2.05) is 30.3 Å². The number of thiazole rings is 1. The molecule has 1 aromatic carbocycles. The standard InChI is InChI=1S/C15H16N4O2S/c16-14(18-21)12-9-17-15(22-12)19-11(7-4-8-13(19)20)10-5-2-1-3-6-10/h1-3,5-6,9,11,21H,4,7-8H2,(H2,16,18)/t11-/m0/s1. The highest BCUT2D eigenvalue weighted by molar-refractivity contribution is 7.17. The molecule has 0 bridgehead atoms. The molecule has 1 atom stereocenters. The number of oxime groups is 1. The Bertz CT molecular complexity index is 699. The van der Waals surface area contributed by atoms with E-state index in [4.69, 9.17) is 10.9 Å². The van der Waals surface area contributed by atoms with Crippen LogP contribution in [-0.4, -0.2) is 21.9 Å². The van der Waals surface area contributed by atoms with Crippen molar-refractivity contribution >= 4 is 28.2 Å². The molecule has 0 radical (unpaired) electrons. The lowest BCUT2D eigenvalue weighted by Crippen LogP contribution is -2.38. The summed E-state index contributed by atoms with van der Waals surface area (Å²) in [5.74, 6) is 0.0602. The summed E-state index contributed by atoms with van der Waals surface area (Å²) in [6.07, 6.45) is 3.81. The minimum Gasteiger partial charge on any atom is -0.409 e. The maximum absolute atomic E-state index is 12.4. The summed E-state index contributed by atoms with van der Waals surface area (Å²) < 4.78 is 0. The molecule has 0 saturated carbocycles. The number of nitrogens with zero attached hydrogens (tertiary/aromatic N) is 3. The van der Waals surface area contributed by atoms with Crippen molar-refractivity contribution in [3.05, 3.63) is 47.0 Å². The Labute approximate surface area is 131 Å². The van der Waals surface area contributed by atoms with Crippen molar-refractivity contribution in [2.24, 2.45) is 10.9 Å². The number of piperidine rings is 1. The highest BCUT2D eigenvalue weighted by Gasteiger charge is 2.32. The Hall–Kier alpha value is -2.41. The van der Waals surface area contributed by atoms with Gasteiger partial charge in [0.05, 0.1) is 17.1 Å². The lowest BCUT2D eigenvalue weighted by molar-refractivity contribution is -0.120. The molecule has 1 saturated heterocycles. The van der Waals surface area contributed by atoms with Crippen LogP contribution in [0.1, 0.15) is 35.7 Å². The first kappa shape index (κ1) is 14.5. The number of hydrogen-bond donors (Lipinski definition) is 2. The number of benzene rings is 1. The van der Waals surface area contributed by atoms with Crippen LogP contribution >= 0.6 is 11.3 Å². The number of aromatic nitrogens is 1. The minimum absolute atomic E-state index is 0.00414. The lowest BCUT2D eigenvalue weighted by atomic mass is 9.95. The monoisotopic (exact) mass is 316 g/mol. The topological polar surface area (TPSA) is 91.8 Å². The molecule has 1 amide bonds. The minimum atomic E-state index is -0.0197. The van der Waals surface area contributed by atoms with E-state index < -0.39 is 0 Å². The molecule has 3 N–H and O–H groups in total. The van der Waals surface area contributed by atoms with Crippen molar-refractivity contribution in [1.82, 2.24) is 4.98 Å². The van der Waals surface area contributed by atoms with Gasteiger partial charge in [-0.05, 0) is 18.4 Å².